The van der Waals surface area contributed by atoms with Crippen molar-refractivity contribution in [1.29, 1.82) is 0 Å². The smallest absolute Gasteiger partial charge is 0.243 e. The molecule has 0 bridgehead atoms. The maximum absolute atomic E-state index is 13.3. The lowest BCUT2D eigenvalue weighted by molar-refractivity contribution is 0.354. The Kier molecular flexibility index (Phi) is 8.04. The highest BCUT2D eigenvalue weighted by molar-refractivity contribution is 7.89. The number of nitrogens with zero attached hydrogens (tertiary/aromatic N) is 2. The van der Waals surface area contributed by atoms with Crippen LogP contribution >= 0.6 is 0 Å². The molecule has 0 fully saturated rings. The van der Waals surface area contributed by atoms with Gasteiger partial charge in [0.15, 0.2) is 0 Å². The largest absolute Gasteiger partial charge is 0.497 e. The molecular weight excluding hydrogens is 424 g/mol. The van der Waals surface area contributed by atoms with Gasteiger partial charge in [-0.05, 0) is 48.9 Å². The Hall–Kier alpha value is -1.94. The molecule has 30 heavy (non-hydrogen) atoms. The Morgan fingerprint density at radius 1 is 0.833 bits per heavy atom. The molecule has 0 spiro atoms. The SMILES string of the molecule is CCN(CC)S(=O)(=O)c1ccc(S(=O)(=O)N(CC)[C@H](C)c2cccc(OC)c2)cc1. The Balaban J connectivity index is 2.39. The molecule has 0 radical (unpaired) electrons. The van der Waals surface area contributed by atoms with E-state index in [0.29, 0.717) is 18.8 Å². The third-order valence-electron chi connectivity index (χ3n) is 5.09. The van der Waals surface area contributed by atoms with Gasteiger partial charge in [-0.15, -0.1) is 0 Å². The molecule has 0 N–H and O–H groups in total. The fraction of sp³-hybridized carbons (Fsp3) is 0.429. The van der Waals surface area contributed by atoms with Crippen LogP contribution < -0.4 is 4.74 Å². The predicted molar refractivity (Wildman–Crippen MR) is 118 cm³/mol. The summed E-state index contributed by atoms with van der Waals surface area (Å²) in [7, 11) is -5.91. The zero-order valence-electron chi connectivity index (χ0n) is 18.1. The van der Waals surface area contributed by atoms with E-state index in [4.69, 9.17) is 4.74 Å². The maximum Gasteiger partial charge on any atom is 0.243 e. The van der Waals surface area contributed by atoms with Crippen molar-refractivity contribution in [3.05, 3.63) is 54.1 Å². The lowest BCUT2D eigenvalue weighted by Gasteiger charge is -2.28. The van der Waals surface area contributed by atoms with Gasteiger partial charge in [0.1, 0.15) is 5.75 Å². The Morgan fingerprint density at radius 3 is 1.83 bits per heavy atom. The van der Waals surface area contributed by atoms with E-state index in [9.17, 15) is 16.8 Å². The Labute approximate surface area is 180 Å². The van der Waals surface area contributed by atoms with Crippen molar-refractivity contribution in [2.24, 2.45) is 0 Å². The second-order valence-electron chi connectivity index (χ2n) is 6.72. The summed E-state index contributed by atoms with van der Waals surface area (Å²) in [5, 5.41) is 0. The van der Waals surface area contributed by atoms with Crippen LogP contribution in [0.2, 0.25) is 0 Å². The molecule has 0 heterocycles. The van der Waals surface area contributed by atoms with Gasteiger partial charge < -0.3 is 4.74 Å². The van der Waals surface area contributed by atoms with Crippen molar-refractivity contribution in [1.82, 2.24) is 8.61 Å². The second-order valence-corrected chi connectivity index (χ2v) is 10.6. The van der Waals surface area contributed by atoms with Crippen molar-refractivity contribution in [3.63, 3.8) is 0 Å². The lowest BCUT2D eigenvalue weighted by atomic mass is 10.1. The first-order valence-electron chi connectivity index (χ1n) is 9.89. The van der Waals surface area contributed by atoms with E-state index in [-0.39, 0.29) is 16.3 Å². The van der Waals surface area contributed by atoms with Gasteiger partial charge in [-0.3, -0.25) is 0 Å². The zero-order chi connectivity index (χ0) is 22.5. The third kappa shape index (κ3) is 4.85. The van der Waals surface area contributed by atoms with E-state index in [2.05, 4.69) is 0 Å². The van der Waals surface area contributed by atoms with Crippen LogP contribution in [0.3, 0.4) is 0 Å². The lowest BCUT2D eigenvalue weighted by Crippen LogP contribution is -2.33. The molecule has 0 aliphatic heterocycles. The fourth-order valence-electron chi connectivity index (χ4n) is 3.35. The minimum absolute atomic E-state index is 0.0533. The molecule has 7 nitrogen and oxygen atoms in total. The summed E-state index contributed by atoms with van der Waals surface area (Å²) in [6.07, 6.45) is 0. The summed E-state index contributed by atoms with van der Waals surface area (Å²) >= 11 is 0. The quantitative estimate of drug-likeness (QED) is 0.549. The highest BCUT2D eigenvalue weighted by Gasteiger charge is 2.30. The highest BCUT2D eigenvalue weighted by Crippen LogP contribution is 2.29. The number of benzene rings is 2. The van der Waals surface area contributed by atoms with E-state index >= 15 is 0 Å². The van der Waals surface area contributed by atoms with Gasteiger partial charge in [-0.25, -0.2) is 16.8 Å². The van der Waals surface area contributed by atoms with Crippen molar-refractivity contribution in [2.75, 3.05) is 26.7 Å². The van der Waals surface area contributed by atoms with Gasteiger partial charge in [0.05, 0.1) is 16.9 Å². The molecule has 0 aliphatic rings. The minimum Gasteiger partial charge on any atom is -0.497 e. The van der Waals surface area contributed by atoms with Crippen LogP contribution in [0.4, 0.5) is 0 Å². The third-order valence-corrected chi connectivity index (χ3v) is 9.22. The molecule has 0 saturated heterocycles. The summed E-state index contributed by atoms with van der Waals surface area (Å²) in [6, 6.07) is 12.3. The standard InChI is InChI=1S/C21H30N2O5S2/c1-6-22(7-2)29(24,25)20-12-14-21(15-13-20)30(26,27)23(8-3)17(4)18-10-9-11-19(16-18)28-5/h9-17H,6-8H2,1-5H3/t17-/m1/s1. The number of rotatable bonds is 10. The van der Waals surface area contributed by atoms with Crippen LogP contribution in [0.25, 0.3) is 0 Å². The van der Waals surface area contributed by atoms with Crippen LogP contribution in [0, 0.1) is 0 Å². The molecule has 2 aromatic rings. The highest BCUT2D eigenvalue weighted by atomic mass is 32.2. The molecule has 0 saturated carbocycles. The monoisotopic (exact) mass is 454 g/mol. The number of ether oxygens (including phenoxy) is 1. The van der Waals surface area contributed by atoms with Crippen LogP contribution in [0.15, 0.2) is 58.3 Å². The fourth-order valence-corrected chi connectivity index (χ4v) is 6.44. The van der Waals surface area contributed by atoms with Crippen LogP contribution in [-0.2, 0) is 20.0 Å². The van der Waals surface area contributed by atoms with Crippen molar-refractivity contribution in [2.45, 2.75) is 43.5 Å². The molecule has 0 aromatic heterocycles. The van der Waals surface area contributed by atoms with Gasteiger partial charge in [-0.2, -0.15) is 8.61 Å². The van der Waals surface area contributed by atoms with Crippen molar-refractivity contribution in [3.8, 4) is 5.75 Å². The van der Waals surface area contributed by atoms with Crippen LogP contribution in [0.5, 0.6) is 5.75 Å². The van der Waals surface area contributed by atoms with Gasteiger partial charge in [0, 0.05) is 25.7 Å². The summed E-state index contributed by atoms with van der Waals surface area (Å²) in [5.41, 5.74) is 0.806. The molecule has 2 aromatic carbocycles. The molecule has 2 rings (SSSR count). The first kappa shape index (κ1) is 24.3. The summed E-state index contributed by atoms with van der Waals surface area (Å²) in [5.74, 6) is 0.652. The first-order chi connectivity index (χ1) is 14.1. The number of hydrogen-bond acceptors (Lipinski definition) is 5. The molecular formula is C21H30N2O5S2. The normalized spacial score (nSPS) is 13.6. The zero-order valence-corrected chi connectivity index (χ0v) is 19.7. The average molecular weight is 455 g/mol. The molecule has 0 unspecified atom stereocenters. The molecule has 0 amide bonds. The topological polar surface area (TPSA) is 84.0 Å². The number of hydrogen-bond donors (Lipinski definition) is 0. The Morgan fingerprint density at radius 2 is 1.37 bits per heavy atom. The minimum atomic E-state index is -3.83. The summed E-state index contributed by atoms with van der Waals surface area (Å²) in [6.45, 7) is 8.07. The van der Waals surface area contributed by atoms with Crippen LogP contribution in [-0.4, -0.2) is 52.2 Å². The number of methoxy groups -OCH3 is 1. The molecule has 1 atom stereocenters. The van der Waals surface area contributed by atoms with Crippen molar-refractivity contribution < 1.29 is 21.6 Å². The molecule has 0 aliphatic carbocycles. The van der Waals surface area contributed by atoms with Gasteiger partial charge in [0.25, 0.3) is 0 Å². The molecule has 9 heteroatoms. The Bertz CT molecular complexity index is 1050. The van der Waals surface area contributed by atoms with Gasteiger partial charge in [-0.1, -0.05) is 32.9 Å². The van der Waals surface area contributed by atoms with E-state index in [0.717, 1.165) is 5.56 Å². The van der Waals surface area contributed by atoms with Crippen molar-refractivity contribution >= 4 is 20.0 Å². The summed E-state index contributed by atoms with van der Waals surface area (Å²) in [4.78, 5) is 0.131. The first-order valence-corrected chi connectivity index (χ1v) is 12.8. The summed E-state index contributed by atoms with van der Waals surface area (Å²) < 4.78 is 59.8. The van der Waals surface area contributed by atoms with Gasteiger partial charge >= 0.3 is 0 Å². The number of sulfonamides is 2. The van der Waals surface area contributed by atoms with E-state index in [1.54, 1.807) is 33.9 Å². The maximum atomic E-state index is 13.3. The van der Waals surface area contributed by atoms with E-state index < -0.39 is 26.1 Å². The average Bonchev–Trinajstić information content (AvgIpc) is 2.74. The predicted octanol–water partition coefficient (Wildman–Crippen LogP) is 3.50. The van der Waals surface area contributed by atoms with Gasteiger partial charge in [0.2, 0.25) is 20.0 Å². The van der Waals surface area contributed by atoms with Crippen LogP contribution in [0.1, 0.15) is 39.3 Å². The second kappa shape index (κ2) is 9.91. The molecule has 166 valence electrons. The van der Waals surface area contributed by atoms with E-state index in [1.807, 2.05) is 25.1 Å². The van der Waals surface area contributed by atoms with E-state index in [1.165, 1.54) is 32.9 Å².